The van der Waals surface area contributed by atoms with Crippen LogP contribution in [0.3, 0.4) is 0 Å². The Kier molecular flexibility index (Phi) is 3.14. The van der Waals surface area contributed by atoms with Gasteiger partial charge in [-0.2, -0.15) is 0 Å². The van der Waals surface area contributed by atoms with Gasteiger partial charge in [0.05, 0.1) is 5.69 Å². The number of aliphatic imine (C=N–C) groups is 1. The summed E-state index contributed by atoms with van der Waals surface area (Å²) in [5, 5.41) is 0. The van der Waals surface area contributed by atoms with E-state index in [1.165, 1.54) is 5.56 Å². The number of hydrogen-bond donors (Lipinski definition) is 0. The number of halogens is 1. The van der Waals surface area contributed by atoms with Gasteiger partial charge >= 0.3 is 0 Å². The maximum Gasteiger partial charge on any atom is 0.101 e. The molecule has 2 rings (SSSR count). The predicted octanol–water partition coefficient (Wildman–Crippen LogP) is 3.98. The van der Waals surface area contributed by atoms with Crippen molar-refractivity contribution in [2.75, 3.05) is 0 Å². The van der Waals surface area contributed by atoms with Crippen molar-refractivity contribution in [3.05, 3.63) is 29.8 Å². The fraction of sp³-hybridized carbons (Fsp3) is 0.462. The number of hydrogen-bond acceptors (Lipinski definition) is 1. The molecule has 0 aliphatic heterocycles. The molecule has 0 amide bonds. The lowest BCUT2D eigenvalue weighted by molar-refractivity contribution is 0.292. The highest BCUT2D eigenvalue weighted by molar-refractivity contribution is 5.87. The molecule has 1 saturated carbocycles. The van der Waals surface area contributed by atoms with Crippen LogP contribution in [0.4, 0.5) is 10.1 Å². The first kappa shape index (κ1) is 10.3. The summed E-state index contributed by atoms with van der Waals surface area (Å²) >= 11 is 0. The second-order valence-corrected chi connectivity index (χ2v) is 4.19. The zero-order chi connectivity index (χ0) is 10.7. The van der Waals surface area contributed by atoms with Crippen molar-refractivity contribution in [2.45, 2.75) is 38.8 Å². The molecule has 1 aliphatic rings. The molecule has 1 aliphatic carbocycles. The van der Waals surface area contributed by atoms with E-state index >= 15 is 0 Å². The normalized spacial score (nSPS) is 21.5. The van der Waals surface area contributed by atoms with Crippen molar-refractivity contribution in [3.8, 4) is 0 Å². The second kappa shape index (κ2) is 4.56. The highest BCUT2D eigenvalue weighted by Gasteiger charge is 2.16. The fourth-order valence-electron chi connectivity index (χ4n) is 1.83. The SMILES string of the molecule is Cc1ccc(N=C2CCC(F)CC2)cc1. The first-order valence-electron chi connectivity index (χ1n) is 5.51. The maximum absolute atomic E-state index is 12.9. The van der Waals surface area contributed by atoms with Gasteiger partial charge in [0.2, 0.25) is 0 Å². The third kappa shape index (κ3) is 2.88. The van der Waals surface area contributed by atoms with Gasteiger partial charge in [0.15, 0.2) is 0 Å². The van der Waals surface area contributed by atoms with Crippen LogP contribution in [-0.4, -0.2) is 11.9 Å². The van der Waals surface area contributed by atoms with E-state index in [0.717, 1.165) is 24.2 Å². The second-order valence-electron chi connectivity index (χ2n) is 4.19. The Bertz CT molecular complexity index is 343. The van der Waals surface area contributed by atoms with Gasteiger partial charge < -0.3 is 0 Å². The highest BCUT2D eigenvalue weighted by atomic mass is 19.1. The van der Waals surface area contributed by atoms with Crippen LogP contribution in [0.15, 0.2) is 29.3 Å². The van der Waals surface area contributed by atoms with Gasteiger partial charge in [0.1, 0.15) is 6.17 Å². The van der Waals surface area contributed by atoms with Crippen LogP contribution in [0, 0.1) is 6.92 Å². The van der Waals surface area contributed by atoms with E-state index in [4.69, 9.17) is 0 Å². The minimum atomic E-state index is -0.609. The number of benzene rings is 1. The summed E-state index contributed by atoms with van der Waals surface area (Å²) in [4.78, 5) is 4.54. The molecule has 0 aromatic heterocycles. The molecule has 0 radical (unpaired) electrons. The maximum atomic E-state index is 12.9. The summed E-state index contributed by atoms with van der Waals surface area (Å²) < 4.78 is 12.9. The molecular weight excluding hydrogens is 189 g/mol. The van der Waals surface area contributed by atoms with E-state index in [2.05, 4.69) is 24.0 Å². The predicted molar refractivity (Wildman–Crippen MR) is 61.6 cm³/mol. The van der Waals surface area contributed by atoms with Crippen LogP contribution in [-0.2, 0) is 0 Å². The Hall–Kier alpha value is -1.18. The van der Waals surface area contributed by atoms with Crippen molar-refractivity contribution in [1.82, 2.24) is 0 Å². The van der Waals surface area contributed by atoms with Gasteiger partial charge in [0, 0.05) is 5.71 Å². The zero-order valence-corrected chi connectivity index (χ0v) is 9.04. The van der Waals surface area contributed by atoms with Crippen molar-refractivity contribution >= 4 is 11.4 Å². The fourth-order valence-corrected chi connectivity index (χ4v) is 1.83. The molecule has 0 heterocycles. The Balaban J connectivity index is 2.06. The molecule has 0 atom stereocenters. The molecule has 0 spiro atoms. The van der Waals surface area contributed by atoms with Crippen LogP contribution in [0.2, 0.25) is 0 Å². The van der Waals surface area contributed by atoms with E-state index in [9.17, 15) is 4.39 Å². The molecule has 1 aromatic rings. The molecule has 2 heteroatoms. The highest BCUT2D eigenvalue weighted by Crippen LogP contribution is 2.22. The van der Waals surface area contributed by atoms with Crippen LogP contribution < -0.4 is 0 Å². The lowest BCUT2D eigenvalue weighted by Gasteiger charge is -2.16. The first-order chi connectivity index (χ1) is 7.24. The quantitative estimate of drug-likeness (QED) is 0.657. The van der Waals surface area contributed by atoms with E-state index in [-0.39, 0.29) is 0 Å². The molecule has 1 nitrogen and oxygen atoms in total. The minimum Gasteiger partial charge on any atom is -0.258 e. The van der Waals surface area contributed by atoms with E-state index in [1.807, 2.05) is 12.1 Å². The van der Waals surface area contributed by atoms with E-state index in [1.54, 1.807) is 0 Å². The van der Waals surface area contributed by atoms with Gasteiger partial charge in [-0.3, -0.25) is 4.99 Å². The molecule has 1 aromatic carbocycles. The van der Waals surface area contributed by atoms with Crippen molar-refractivity contribution in [1.29, 1.82) is 0 Å². The van der Waals surface area contributed by atoms with E-state index < -0.39 is 6.17 Å². The average Bonchev–Trinajstić information content (AvgIpc) is 2.25. The topological polar surface area (TPSA) is 12.4 Å². The molecule has 15 heavy (non-hydrogen) atoms. The lowest BCUT2D eigenvalue weighted by Crippen LogP contribution is -2.14. The summed E-state index contributed by atoms with van der Waals surface area (Å²) in [6.45, 7) is 2.06. The van der Waals surface area contributed by atoms with E-state index in [0.29, 0.717) is 12.8 Å². The third-order valence-electron chi connectivity index (χ3n) is 2.81. The summed E-state index contributed by atoms with van der Waals surface area (Å²) in [6, 6.07) is 8.15. The number of nitrogens with zero attached hydrogens (tertiary/aromatic N) is 1. The van der Waals surface area contributed by atoms with Gasteiger partial charge in [-0.15, -0.1) is 0 Å². The van der Waals surface area contributed by atoms with Gasteiger partial charge in [-0.05, 0) is 44.7 Å². The average molecular weight is 205 g/mol. The van der Waals surface area contributed by atoms with Crippen LogP contribution in [0.5, 0.6) is 0 Å². The molecule has 0 N–H and O–H groups in total. The molecule has 0 bridgehead atoms. The third-order valence-corrected chi connectivity index (χ3v) is 2.81. The van der Waals surface area contributed by atoms with Crippen LogP contribution in [0.1, 0.15) is 31.2 Å². The molecule has 0 saturated heterocycles. The smallest absolute Gasteiger partial charge is 0.101 e. The van der Waals surface area contributed by atoms with Crippen molar-refractivity contribution in [2.24, 2.45) is 4.99 Å². The van der Waals surface area contributed by atoms with Crippen molar-refractivity contribution in [3.63, 3.8) is 0 Å². The number of aryl methyl sites for hydroxylation is 1. The standard InChI is InChI=1S/C13H16FN/c1-10-2-6-12(7-3-10)15-13-8-4-11(14)5-9-13/h2-3,6-7,11H,4-5,8-9H2,1H3. The van der Waals surface area contributed by atoms with Crippen molar-refractivity contribution < 1.29 is 4.39 Å². The molecular formula is C13H16FN. The Morgan fingerprint density at radius 1 is 1.13 bits per heavy atom. The number of rotatable bonds is 1. The molecule has 0 unspecified atom stereocenters. The molecule has 1 fully saturated rings. The summed E-state index contributed by atoms with van der Waals surface area (Å²) in [6.07, 6.45) is 2.31. The van der Waals surface area contributed by atoms with Gasteiger partial charge in [0.25, 0.3) is 0 Å². The Morgan fingerprint density at radius 2 is 1.73 bits per heavy atom. The summed E-state index contributed by atoms with van der Waals surface area (Å²) in [5.74, 6) is 0. The lowest BCUT2D eigenvalue weighted by atomic mass is 9.97. The number of alkyl halides is 1. The minimum absolute atomic E-state index is 0.609. The summed E-state index contributed by atoms with van der Waals surface area (Å²) in [5.41, 5.74) is 3.38. The Morgan fingerprint density at radius 3 is 2.33 bits per heavy atom. The molecule has 80 valence electrons. The largest absolute Gasteiger partial charge is 0.258 e. The van der Waals surface area contributed by atoms with Gasteiger partial charge in [-0.25, -0.2) is 4.39 Å². The van der Waals surface area contributed by atoms with Crippen LogP contribution in [0.25, 0.3) is 0 Å². The Labute approximate surface area is 90.0 Å². The summed E-state index contributed by atoms with van der Waals surface area (Å²) in [7, 11) is 0. The van der Waals surface area contributed by atoms with Crippen LogP contribution >= 0.6 is 0 Å². The van der Waals surface area contributed by atoms with Gasteiger partial charge in [-0.1, -0.05) is 17.7 Å². The first-order valence-corrected chi connectivity index (χ1v) is 5.51. The zero-order valence-electron chi connectivity index (χ0n) is 9.04. The monoisotopic (exact) mass is 205 g/mol.